The average molecular weight is 339 g/mol. The number of benzene rings is 1. The molecule has 0 heterocycles. The van der Waals surface area contributed by atoms with Crippen molar-refractivity contribution in [2.45, 2.75) is 6.42 Å². The van der Waals surface area contributed by atoms with Crippen LogP contribution in [0.5, 0.6) is 5.75 Å². The minimum absolute atomic E-state index is 0.796. The van der Waals surface area contributed by atoms with Crippen LogP contribution in [0.25, 0.3) is 0 Å². The molecule has 66 valence electrons. The molecule has 0 aromatic heterocycles. The third-order valence-corrected chi connectivity index (χ3v) is 1.49. The predicted octanol–water partition coefficient (Wildman–Crippen LogP) is 3.11. The van der Waals surface area contributed by atoms with E-state index >= 15 is 0 Å². The monoisotopic (exact) mass is 338 g/mol. The summed E-state index contributed by atoms with van der Waals surface area (Å²) in [6.07, 6.45) is 3.63. The third-order valence-electron chi connectivity index (χ3n) is 1.49. The van der Waals surface area contributed by atoms with Crippen molar-refractivity contribution in [2.75, 3.05) is 7.11 Å². The normalized spacial score (nSPS) is 8.31. The molecule has 0 aliphatic carbocycles. The number of ether oxygens (including phenoxy) is 1. The van der Waals surface area contributed by atoms with Crippen LogP contribution in [-0.4, -0.2) is 7.11 Å². The van der Waals surface area contributed by atoms with E-state index < -0.39 is 0 Å². The first-order valence-electron chi connectivity index (χ1n) is 3.76. The van der Waals surface area contributed by atoms with Gasteiger partial charge < -0.3 is 10.8 Å². The molecule has 0 spiro atoms. The molecular weight excluding hydrogens is 328 g/mol. The van der Waals surface area contributed by atoms with Gasteiger partial charge in [0.05, 0.1) is 7.11 Å². The Labute approximate surface area is 100 Å². The zero-order chi connectivity index (χ0) is 10.1. The van der Waals surface area contributed by atoms with Gasteiger partial charge >= 0.3 is 34.5 Å². The van der Waals surface area contributed by atoms with E-state index in [9.17, 15) is 0 Å². The summed E-state index contributed by atoms with van der Waals surface area (Å²) < 4.78 is 5.01. The molecule has 0 saturated heterocycles. The van der Waals surface area contributed by atoms with Gasteiger partial charge in [0.15, 0.2) is 0 Å². The van der Waals surface area contributed by atoms with Crippen molar-refractivity contribution in [1.82, 2.24) is 0 Å². The number of methoxy groups -OCH3 is 1. The van der Waals surface area contributed by atoms with Gasteiger partial charge in [0.25, 0.3) is 0 Å². The van der Waals surface area contributed by atoms with Gasteiger partial charge in [-0.2, -0.15) is 6.42 Å². The van der Waals surface area contributed by atoms with Crippen LogP contribution in [0.3, 0.4) is 0 Å². The minimum atomic E-state index is 0.796. The molecule has 0 radical (unpaired) electrons. The van der Waals surface area contributed by atoms with Crippen LogP contribution in [-0.2, 0) is 21.2 Å². The Kier molecular flexibility index (Phi) is 8.78. The van der Waals surface area contributed by atoms with Crippen LogP contribution in [0.4, 0.5) is 0 Å². The Balaban J connectivity index is 0.000000671. The number of allylic oxidation sites excluding steroid dienone is 1. The molecule has 1 aromatic rings. The fraction of sp³-hybridized carbons (Fsp3) is 0.200. The van der Waals surface area contributed by atoms with Crippen LogP contribution >= 0.6 is 19.8 Å². The molecule has 0 saturated carbocycles. The Bertz CT molecular complexity index is 233. The molecule has 0 fully saturated rings. The van der Waals surface area contributed by atoms with Crippen LogP contribution in [0, 0.1) is 6.08 Å². The van der Waals surface area contributed by atoms with E-state index in [2.05, 4.69) is 32.4 Å². The van der Waals surface area contributed by atoms with Crippen molar-refractivity contribution in [3.63, 3.8) is 0 Å². The van der Waals surface area contributed by atoms with Crippen LogP contribution in [0.2, 0.25) is 0 Å². The first-order chi connectivity index (χ1) is 6.36. The molecule has 0 bridgehead atoms. The quantitative estimate of drug-likeness (QED) is 0.467. The Morgan fingerprint density at radius 2 is 1.92 bits per heavy atom. The maximum absolute atomic E-state index is 5.01. The number of rotatable bonds is 3. The van der Waals surface area contributed by atoms with E-state index in [4.69, 9.17) is 4.74 Å². The molecule has 3 heteroatoms. The number of hydrogen-bond acceptors (Lipinski definition) is 1. The standard InChI is InChI=1S/C10H11O.HI.Zn/c1-3-4-9-5-7-10(11-2)8-6-9;;/h5-8H,1,4H2,2H3;1H;/q-1;;+2/p-1. The zero-order valence-electron chi connectivity index (χ0n) is 7.72. The summed E-state index contributed by atoms with van der Waals surface area (Å²) in [4.78, 5) is 0. The molecule has 0 aliphatic rings. The Hall–Kier alpha value is 0.113. The Morgan fingerprint density at radius 1 is 1.38 bits per heavy atom. The molecule has 0 atom stereocenters. The fourth-order valence-corrected chi connectivity index (χ4v) is 0.888. The van der Waals surface area contributed by atoms with Gasteiger partial charge in [-0.05, 0) is 12.1 Å². The van der Waals surface area contributed by atoms with E-state index in [0.29, 0.717) is 0 Å². The second-order valence-electron chi connectivity index (χ2n) is 2.27. The van der Waals surface area contributed by atoms with Gasteiger partial charge in [-0.25, -0.2) is 0 Å². The van der Waals surface area contributed by atoms with E-state index in [-0.39, 0.29) is 0 Å². The number of hydrogen-bond donors (Lipinski definition) is 0. The van der Waals surface area contributed by atoms with Gasteiger partial charge in [0, 0.05) is 0 Å². The summed E-state index contributed by atoms with van der Waals surface area (Å²) in [6, 6.07) is 7.90. The number of halogens is 1. The topological polar surface area (TPSA) is 9.23 Å². The second-order valence-corrected chi connectivity index (χ2v) is 2.27. The summed E-state index contributed by atoms with van der Waals surface area (Å²) in [5.74, 6) is 0.887. The van der Waals surface area contributed by atoms with E-state index in [1.54, 1.807) is 7.11 Å². The molecule has 0 amide bonds. The van der Waals surface area contributed by atoms with Crippen LogP contribution in [0.15, 0.2) is 30.8 Å². The summed E-state index contributed by atoms with van der Waals surface area (Å²) in [5, 5.41) is 0. The van der Waals surface area contributed by atoms with Crippen molar-refractivity contribution in [2.24, 2.45) is 0 Å². The zero-order valence-corrected chi connectivity index (χ0v) is 12.8. The molecule has 1 aromatic carbocycles. The van der Waals surface area contributed by atoms with Crippen LogP contribution in [0.1, 0.15) is 5.56 Å². The SMILES string of the molecule is C=[C-]Cc1ccc(OC)cc1.[Zn+][I]. The van der Waals surface area contributed by atoms with E-state index in [1.165, 1.54) is 20.4 Å². The molecule has 0 N–H and O–H groups in total. The maximum atomic E-state index is 5.01. The molecule has 1 nitrogen and oxygen atoms in total. The predicted molar refractivity (Wildman–Crippen MR) is 59.6 cm³/mol. The average Bonchev–Trinajstić information content (AvgIpc) is 2.23. The molecule has 0 aliphatic heterocycles. The van der Waals surface area contributed by atoms with Gasteiger partial charge in [0.1, 0.15) is 5.75 Å². The molecule has 0 unspecified atom stereocenters. The second kappa shape index (κ2) is 8.70. The molecule has 1 rings (SSSR count). The summed E-state index contributed by atoms with van der Waals surface area (Å²) in [5.41, 5.74) is 1.21. The van der Waals surface area contributed by atoms with E-state index in [1.807, 2.05) is 24.3 Å². The molecule has 13 heavy (non-hydrogen) atoms. The summed E-state index contributed by atoms with van der Waals surface area (Å²) in [7, 11) is 1.66. The van der Waals surface area contributed by atoms with Crippen molar-refractivity contribution < 1.29 is 19.5 Å². The summed E-state index contributed by atoms with van der Waals surface area (Å²) in [6.45, 7) is 3.54. The van der Waals surface area contributed by atoms with Gasteiger partial charge in [-0.15, -0.1) is 0 Å². The Morgan fingerprint density at radius 3 is 2.31 bits per heavy atom. The first kappa shape index (κ1) is 13.1. The first-order valence-corrected chi connectivity index (χ1v) is 12.8. The van der Waals surface area contributed by atoms with Crippen molar-refractivity contribution >= 4 is 19.8 Å². The van der Waals surface area contributed by atoms with Crippen molar-refractivity contribution in [3.8, 4) is 5.75 Å². The fourth-order valence-electron chi connectivity index (χ4n) is 0.888. The summed E-state index contributed by atoms with van der Waals surface area (Å²) >= 11 is 3.62. The van der Waals surface area contributed by atoms with Crippen molar-refractivity contribution in [3.05, 3.63) is 42.5 Å². The van der Waals surface area contributed by atoms with Crippen LogP contribution < -0.4 is 4.74 Å². The van der Waals surface area contributed by atoms with E-state index in [0.717, 1.165) is 12.2 Å². The molecular formula is C10H11IOZn. The van der Waals surface area contributed by atoms with Gasteiger partial charge in [0.2, 0.25) is 0 Å². The third kappa shape index (κ3) is 5.42. The van der Waals surface area contributed by atoms with Crippen molar-refractivity contribution in [1.29, 1.82) is 0 Å². The van der Waals surface area contributed by atoms with Gasteiger partial charge in [-0.3, -0.25) is 6.58 Å². The van der Waals surface area contributed by atoms with Gasteiger partial charge in [-0.1, -0.05) is 17.7 Å².